The first kappa shape index (κ1) is 10.7. The van der Waals surface area contributed by atoms with Gasteiger partial charge in [-0.1, -0.05) is 6.92 Å². The van der Waals surface area contributed by atoms with Crippen molar-refractivity contribution < 1.29 is 5.11 Å². The highest BCUT2D eigenvalue weighted by molar-refractivity contribution is 7.11. The van der Waals surface area contributed by atoms with Gasteiger partial charge in [-0.2, -0.15) is 0 Å². The maximum Gasteiger partial charge on any atom is 0.125 e. The summed E-state index contributed by atoms with van der Waals surface area (Å²) in [6, 6.07) is 0.941. The van der Waals surface area contributed by atoms with Crippen molar-refractivity contribution in [3.8, 4) is 0 Å². The van der Waals surface area contributed by atoms with Crippen LogP contribution in [0.15, 0.2) is 6.20 Å². The first-order valence-corrected chi connectivity index (χ1v) is 6.80. The maximum atomic E-state index is 10.8. The lowest BCUT2D eigenvalue weighted by Gasteiger charge is -2.36. The van der Waals surface area contributed by atoms with Crippen molar-refractivity contribution in [1.29, 1.82) is 0 Å². The number of nitrogens with zero attached hydrogens (tertiary/aromatic N) is 1. The Morgan fingerprint density at radius 3 is 3.00 bits per heavy atom. The highest BCUT2D eigenvalue weighted by Crippen LogP contribution is 2.43. The molecule has 1 aromatic heterocycles. The lowest BCUT2D eigenvalue weighted by Crippen LogP contribution is -2.47. The van der Waals surface area contributed by atoms with Crippen LogP contribution in [0.25, 0.3) is 0 Å². The largest absolute Gasteiger partial charge is 0.383 e. The second-order valence-electron chi connectivity index (χ2n) is 5.40. The molecule has 0 saturated carbocycles. The summed E-state index contributed by atoms with van der Waals surface area (Å²) in [4.78, 5) is 5.56. The molecule has 3 heterocycles. The summed E-state index contributed by atoms with van der Waals surface area (Å²) < 4.78 is 0. The second kappa shape index (κ2) is 3.52. The van der Waals surface area contributed by atoms with Crippen molar-refractivity contribution in [2.24, 2.45) is 5.92 Å². The summed E-state index contributed by atoms with van der Waals surface area (Å²) in [7, 11) is 0. The van der Waals surface area contributed by atoms with E-state index in [0.29, 0.717) is 18.0 Å². The molecule has 2 saturated heterocycles. The maximum absolute atomic E-state index is 10.8. The molecule has 0 radical (unpaired) electrons. The minimum Gasteiger partial charge on any atom is -0.383 e. The van der Waals surface area contributed by atoms with E-state index in [4.69, 9.17) is 0 Å². The van der Waals surface area contributed by atoms with Crippen LogP contribution in [0.5, 0.6) is 0 Å². The number of fused-ring (bicyclic) bond motifs is 2. The van der Waals surface area contributed by atoms with E-state index in [9.17, 15) is 5.11 Å². The first-order valence-electron chi connectivity index (χ1n) is 5.98. The molecule has 16 heavy (non-hydrogen) atoms. The monoisotopic (exact) mass is 238 g/mol. The fraction of sp³-hybridized carbons (Fsp3) is 0.750. The molecule has 4 atom stereocenters. The number of aromatic nitrogens is 1. The van der Waals surface area contributed by atoms with E-state index >= 15 is 0 Å². The Hall–Kier alpha value is -0.450. The normalized spacial score (nSPS) is 42.6. The SMILES string of the molecule is Cc1cnc(C2(O)CC3CC(C)C(C2)N3)s1. The van der Waals surface area contributed by atoms with E-state index in [2.05, 4.69) is 17.2 Å². The molecule has 3 rings (SSSR count). The van der Waals surface area contributed by atoms with Gasteiger partial charge >= 0.3 is 0 Å². The van der Waals surface area contributed by atoms with Crippen molar-refractivity contribution >= 4 is 11.3 Å². The van der Waals surface area contributed by atoms with Gasteiger partial charge in [-0.15, -0.1) is 11.3 Å². The molecule has 0 aromatic carbocycles. The Labute approximate surface area is 99.9 Å². The van der Waals surface area contributed by atoms with Gasteiger partial charge in [-0.25, -0.2) is 4.98 Å². The van der Waals surface area contributed by atoms with Crippen LogP contribution >= 0.6 is 11.3 Å². The molecule has 4 unspecified atom stereocenters. The summed E-state index contributed by atoms with van der Waals surface area (Å²) >= 11 is 1.64. The lowest BCUT2D eigenvalue weighted by molar-refractivity contribution is -0.0134. The topological polar surface area (TPSA) is 45.2 Å². The molecule has 0 amide bonds. The summed E-state index contributed by atoms with van der Waals surface area (Å²) in [6.45, 7) is 4.32. The van der Waals surface area contributed by atoms with E-state index in [1.165, 1.54) is 11.3 Å². The zero-order valence-electron chi connectivity index (χ0n) is 9.73. The van der Waals surface area contributed by atoms with Gasteiger partial charge in [0.2, 0.25) is 0 Å². The van der Waals surface area contributed by atoms with Crippen LogP contribution in [0.3, 0.4) is 0 Å². The van der Waals surface area contributed by atoms with Crippen LogP contribution in [0.1, 0.15) is 36.1 Å². The molecule has 3 nitrogen and oxygen atoms in total. The number of nitrogens with one attached hydrogen (secondary N) is 1. The Morgan fingerprint density at radius 1 is 1.56 bits per heavy atom. The summed E-state index contributed by atoms with van der Waals surface area (Å²) in [5.74, 6) is 0.681. The van der Waals surface area contributed by atoms with Crippen LogP contribution in [-0.2, 0) is 5.60 Å². The average molecular weight is 238 g/mol. The molecule has 2 fully saturated rings. The molecule has 1 aromatic rings. The van der Waals surface area contributed by atoms with Gasteiger partial charge in [0.15, 0.2) is 0 Å². The zero-order valence-corrected chi connectivity index (χ0v) is 10.5. The van der Waals surface area contributed by atoms with E-state index in [0.717, 1.165) is 17.8 Å². The van der Waals surface area contributed by atoms with E-state index in [-0.39, 0.29) is 0 Å². The third-order valence-corrected chi connectivity index (χ3v) is 5.06. The first-order chi connectivity index (χ1) is 7.57. The minimum atomic E-state index is -0.676. The number of thiazole rings is 1. The van der Waals surface area contributed by atoms with Crippen molar-refractivity contribution in [3.05, 3.63) is 16.1 Å². The van der Waals surface area contributed by atoms with Crippen LogP contribution in [0, 0.1) is 12.8 Å². The fourth-order valence-corrected chi connectivity index (χ4v) is 4.02. The molecular formula is C12H18N2OS. The van der Waals surface area contributed by atoms with Crippen molar-refractivity contribution in [2.45, 2.75) is 50.8 Å². The van der Waals surface area contributed by atoms with Crippen molar-refractivity contribution in [1.82, 2.24) is 10.3 Å². The van der Waals surface area contributed by atoms with Crippen molar-refractivity contribution in [2.75, 3.05) is 0 Å². The van der Waals surface area contributed by atoms with Gasteiger partial charge < -0.3 is 10.4 Å². The van der Waals surface area contributed by atoms with E-state index in [1.807, 2.05) is 13.1 Å². The Balaban J connectivity index is 1.90. The third kappa shape index (κ3) is 1.60. The zero-order chi connectivity index (χ0) is 11.3. The highest BCUT2D eigenvalue weighted by atomic mass is 32.1. The van der Waals surface area contributed by atoms with Gasteiger partial charge in [-0.3, -0.25) is 0 Å². The van der Waals surface area contributed by atoms with Crippen LogP contribution in [0.2, 0.25) is 0 Å². The molecule has 0 aliphatic carbocycles. The molecule has 2 aliphatic rings. The lowest BCUT2D eigenvalue weighted by atomic mass is 9.87. The van der Waals surface area contributed by atoms with Crippen molar-refractivity contribution in [3.63, 3.8) is 0 Å². The van der Waals surface area contributed by atoms with E-state index < -0.39 is 5.60 Å². The van der Waals surface area contributed by atoms with Gasteiger partial charge in [0.1, 0.15) is 10.6 Å². The Kier molecular flexibility index (Phi) is 2.35. The van der Waals surface area contributed by atoms with Crippen LogP contribution < -0.4 is 5.32 Å². The summed E-state index contributed by atoms with van der Waals surface area (Å²) in [5, 5.41) is 15.3. The molecule has 2 bridgehead atoms. The smallest absolute Gasteiger partial charge is 0.125 e. The highest BCUT2D eigenvalue weighted by Gasteiger charge is 2.47. The summed E-state index contributed by atoms with van der Waals surface area (Å²) in [5.41, 5.74) is -0.676. The number of aryl methyl sites for hydroxylation is 1. The minimum absolute atomic E-state index is 0.466. The molecule has 88 valence electrons. The predicted octanol–water partition coefficient (Wildman–Crippen LogP) is 1.80. The number of hydrogen-bond acceptors (Lipinski definition) is 4. The Bertz CT molecular complexity index is 403. The predicted molar refractivity (Wildman–Crippen MR) is 64.5 cm³/mol. The average Bonchev–Trinajstić information content (AvgIpc) is 2.73. The number of rotatable bonds is 1. The third-order valence-electron chi connectivity index (χ3n) is 3.95. The Morgan fingerprint density at radius 2 is 2.38 bits per heavy atom. The molecule has 0 spiro atoms. The van der Waals surface area contributed by atoms with Crippen LogP contribution in [0.4, 0.5) is 0 Å². The number of hydrogen-bond donors (Lipinski definition) is 2. The van der Waals surface area contributed by atoms with E-state index in [1.54, 1.807) is 11.3 Å². The number of piperidine rings is 1. The standard InChI is InChI=1S/C12H18N2OS/c1-7-3-9-4-12(15,5-10(7)14-9)11-13-6-8(2)16-11/h6-7,9-10,14-15H,3-5H2,1-2H3. The summed E-state index contributed by atoms with van der Waals surface area (Å²) in [6.07, 6.45) is 4.70. The van der Waals surface area contributed by atoms with Gasteiger partial charge in [-0.05, 0) is 32.1 Å². The van der Waals surface area contributed by atoms with Gasteiger partial charge in [0, 0.05) is 23.2 Å². The molecule has 2 N–H and O–H groups in total. The second-order valence-corrected chi connectivity index (χ2v) is 6.63. The van der Waals surface area contributed by atoms with Gasteiger partial charge in [0.05, 0.1) is 0 Å². The van der Waals surface area contributed by atoms with Gasteiger partial charge in [0.25, 0.3) is 0 Å². The fourth-order valence-electron chi connectivity index (χ4n) is 3.15. The molecule has 4 heteroatoms. The quantitative estimate of drug-likeness (QED) is 0.784. The molecular weight excluding hydrogens is 220 g/mol. The number of aliphatic hydroxyl groups is 1. The molecule has 2 aliphatic heterocycles. The van der Waals surface area contributed by atoms with Crippen LogP contribution in [-0.4, -0.2) is 22.2 Å².